The van der Waals surface area contributed by atoms with E-state index in [1.807, 2.05) is 6.07 Å². The van der Waals surface area contributed by atoms with Gasteiger partial charge >= 0.3 is 0 Å². The van der Waals surface area contributed by atoms with Crippen LogP contribution in [-0.4, -0.2) is 30.7 Å². The second-order valence-electron chi connectivity index (χ2n) is 6.38. The molecule has 1 aromatic heterocycles. The molecule has 4 nitrogen and oxygen atoms in total. The smallest absolute Gasteiger partial charge is 0.130 e. The van der Waals surface area contributed by atoms with Crippen molar-refractivity contribution in [2.45, 2.75) is 32.5 Å². The summed E-state index contributed by atoms with van der Waals surface area (Å²) in [5.41, 5.74) is 6.30. The van der Waals surface area contributed by atoms with Crippen molar-refractivity contribution < 1.29 is 4.39 Å². The van der Waals surface area contributed by atoms with Crippen molar-refractivity contribution in [2.24, 2.45) is 11.7 Å². The number of rotatable bonds is 2. The molecular weight excluding hydrogens is 267 g/mol. The Morgan fingerprint density at radius 3 is 2.90 bits per heavy atom. The van der Waals surface area contributed by atoms with E-state index in [1.165, 1.54) is 0 Å². The normalized spacial score (nSPS) is 24.2. The van der Waals surface area contributed by atoms with Crippen molar-refractivity contribution in [3.63, 3.8) is 0 Å². The summed E-state index contributed by atoms with van der Waals surface area (Å²) >= 11 is 0. The van der Waals surface area contributed by atoms with Crippen LogP contribution in [0.1, 0.15) is 26.3 Å². The Bertz CT molecular complexity index is 509. The lowest BCUT2D eigenvalue weighted by Gasteiger charge is -2.34. The van der Waals surface area contributed by atoms with E-state index >= 15 is 0 Å². The lowest BCUT2D eigenvalue weighted by atomic mass is 9.99. The fourth-order valence-electron chi connectivity index (χ4n) is 2.43. The second-order valence-corrected chi connectivity index (χ2v) is 6.38. The molecule has 0 aromatic carbocycles. The summed E-state index contributed by atoms with van der Waals surface area (Å²) in [5.74, 6) is 1.08. The summed E-state index contributed by atoms with van der Waals surface area (Å²) in [6.45, 7) is 11.4. The Labute approximate surface area is 126 Å². The van der Waals surface area contributed by atoms with Crippen molar-refractivity contribution in [2.75, 3.05) is 24.5 Å². The van der Waals surface area contributed by atoms with E-state index in [2.05, 4.69) is 28.7 Å². The number of pyridine rings is 1. The van der Waals surface area contributed by atoms with E-state index in [0.717, 1.165) is 24.6 Å². The van der Waals surface area contributed by atoms with E-state index in [9.17, 15) is 4.39 Å². The number of halogens is 1. The lowest BCUT2D eigenvalue weighted by Crippen LogP contribution is -2.48. The summed E-state index contributed by atoms with van der Waals surface area (Å²) in [5, 5.41) is 3.25. The Hall–Kier alpha value is -1.62. The van der Waals surface area contributed by atoms with Gasteiger partial charge in [0.1, 0.15) is 11.5 Å². The van der Waals surface area contributed by atoms with Gasteiger partial charge in [0.05, 0.1) is 6.54 Å². The maximum absolute atomic E-state index is 14.1. The van der Waals surface area contributed by atoms with Gasteiger partial charge in [-0.15, -0.1) is 0 Å². The molecule has 0 aliphatic carbocycles. The Kier molecular flexibility index (Phi) is 4.52. The third-order valence-corrected chi connectivity index (χ3v) is 3.96. The monoisotopic (exact) mass is 292 g/mol. The maximum atomic E-state index is 14.1. The standard InChI is InChI=1S/C16H25FN4/c1-11-9-21(10-12(2)20-8-14(11)18)15-7-13(5-6-19-15)16(3,4)17/h5-7,11,14,20H,2,8-10,18H2,1,3-4H3. The Balaban J connectivity index is 2.27. The number of nitrogens with one attached hydrogen (secondary N) is 1. The van der Waals surface area contributed by atoms with Gasteiger partial charge in [0.15, 0.2) is 0 Å². The van der Waals surface area contributed by atoms with Gasteiger partial charge in [-0.2, -0.15) is 0 Å². The number of alkyl halides is 1. The summed E-state index contributed by atoms with van der Waals surface area (Å²) in [7, 11) is 0. The zero-order valence-electron chi connectivity index (χ0n) is 13.1. The molecule has 0 radical (unpaired) electrons. The van der Waals surface area contributed by atoms with Crippen molar-refractivity contribution in [3.05, 3.63) is 36.2 Å². The zero-order valence-corrected chi connectivity index (χ0v) is 13.1. The van der Waals surface area contributed by atoms with Gasteiger partial charge in [-0.3, -0.25) is 0 Å². The third-order valence-electron chi connectivity index (χ3n) is 3.96. The number of nitrogens with two attached hydrogens (primary N) is 1. The molecule has 21 heavy (non-hydrogen) atoms. The molecule has 0 saturated carbocycles. The average molecular weight is 292 g/mol. The first-order chi connectivity index (χ1) is 9.77. The highest BCUT2D eigenvalue weighted by molar-refractivity contribution is 5.44. The van der Waals surface area contributed by atoms with Crippen LogP contribution in [0.2, 0.25) is 0 Å². The second kappa shape index (κ2) is 6.02. The van der Waals surface area contributed by atoms with Crippen LogP contribution in [-0.2, 0) is 5.67 Å². The van der Waals surface area contributed by atoms with Crippen molar-refractivity contribution in [3.8, 4) is 0 Å². The number of hydrogen-bond donors (Lipinski definition) is 2. The van der Waals surface area contributed by atoms with E-state index in [0.29, 0.717) is 18.0 Å². The SMILES string of the molecule is C=C1CN(c2cc(C(C)(C)F)ccn2)CC(C)C(N)CN1. The quantitative estimate of drug-likeness (QED) is 0.877. The molecule has 2 unspecified atom stereocenters. The van der Waals surface area contributed by atoms with Gasteiger partial charge in [-0.25, -0.2) is 9.37 Å². The summed E-state index contributed by atoms with van der Waals surface area (Å²) in [6, 6.07) is 3.59. The first kappa shape index (κ1) is 15.8. The van der Waals surface area contributed by atoms with Gasteiger partial charge in [0.2, 0.25) is 0 Å². The minimum absolute atomic E-state index is 0.0605. The molecule has 5 heteroatoms. The highest BCUT2D eigenvalue weighted by Gasteiger charge is 2.24. The molecule has 2 atom stereocenters. The number of aromatic nitrogens is 1. The molecule has 0 bridgehead atoms. The minimum atomic E-state index is -1.38. The van der Waals surface area contributed by atoms with Gasteiger partial charge in [0, 0.05) is 31.0 Å². The first-order valence-electron chi connectivity index (χ1n) is 7.35. The summed E-state index contributed by atoms with van der Waals surface area (Å²) < 4.78 is 14.1. The molecule has 1 aliphatic rings. The largest absolute Gasteiger partial charge is 0.386 e. The summed E-state index contributed by atoms with van der Waals surface area (Å²) in [4.78, 5) is 6.50. The number of anilines is 1. The minimum Gasteiger partial charge on any atom is -0.386 e. The fourth-order valence-corrected chi connectivity index (χ4v) is 2.43. The molecule has 1 saturated heterocycles. The van der Waals surface area contributed by atoms with Crippen LogP contribution < -0.4 is 16.0 Å². The van der Waals surface area contributed by atoms with Crippen LogP contribution in [0.5, 0.6) is 0 Å². The molecular formula is C16H25FN4. The molecule has 3 N–H and O–H groups in total. The van der Waals surface area contributed by atoms with Gasteiger partial charge in [-0.05, 0) is 37.5 Å². The summed E-state index contributed by atoms with van der Waals surface area (Å²) in [6.07, 6.45) is 1.66. The fraction of sp³-hybridized carbons (Fsp3) is 0.562. The Morgan fingerprint density at radius 1 is 1.52 bits per heavy atom. The van der Waals surface area contributed by atoms with E-state index in [4.69, 9.17) is 5.73 Å². The first-order valence-corrected chi connectivity index (χ1v) is 7.35. The number of hydrogen-bond acceptors (Lipinski definition) is 4. The molecule has 0 spiro atoms. The highest BCUT2D eigenvalue weighted by Crippen LogP contribution is 2.27. The number of nitrogens with zero attached hydrogens (tertiary/aromatic N) is 2. The van der Waals surface area contributed by atoms with Crippen LogP contribution in [0.4, 0.5) is 10.2 Å². The zero-order chi connectivity index (χ0) is 15.6. The molecule has 0 amide bonds. The van der Waals surface area contributed by atoms with Crippen molar-refractivity contribution in [1.29, 1.82) is 0 Å². The predicted molar refractivity (Wildman–Crippen MR) is 84.9 cm³/mol. The average Bonchev–Trinajstić information content (AvgIpc) is 2.42. The van der Waals surface area contributed by atoms with Crippen LogP contribution in [0.15, 0.2) is 30.6 Å². The predicted octanol–water partition coefficient (Wildman–Crippen LogP) is 2.17. The van der Waals surface area contributed by atoms with Crippen LogP contribution >= 0.6 is 0 Å². The highest BCUT2D eigenvalue weighted by atomic mass is 19.1. The lowest BCUT2D eigenvalue weighted by molar-refractivity contribution is 0.221. The molecule has 1 fully saturated rings. The van der Waals surface area contributed by atoms with Crippen LogP contribution in [0.25, 0.3) is 0 Å². The topological polar surface area (TPSA) is 54.2 Å². The van der Waals surface area contributed by atoms with Crippen molar-refractivity contribution in [1.82, 2.24) is 10.3 Å². The van der Waals surface area contributed by atoms with Gasteiger partial charge in [-0.1, -0.05) is 13.5 Å². The van der Waals surface area contributed by atoms with Crippen LogP contribution in [0.3, 0.4) is 0 Å². The van der Waals surface area contributed by atoms with E-state index in [1.54, 1.807) is 26.1 Å². The van der Waals surface area contributed by atoms with E-state index < -0.39 is 5.67 Å². The third kappa shape index (κ3) is 3.94. The van der Waals surface area contributed by atoms with Crippen molar-refractivity contribution >= 4 is 5.82 Å². The van der Waals surface area contributed by atoms with Gasteiger partial charge in [0.25, 0.3) is 0 Å². The Morgan fingerprint density at radius 2 is 2.24 bits per heavy atom. The van der Waals surface area contributed by atoms with E-state index in [-0.39, 0.29) is 6.04 Å². The molecule has 116 valence electrons. The van der Waals surface area contributed by atoms with Crippen LogP contribution in [0, 0.1) is 5.92 Å². The molecule has 1 aliphatic heterocycles. The molecule has 2 rings (SSSR count). The van der Waals surface area contributed by atoms with Gasteiger partial charge < -0.3 is 16.0 Å². The molecule has 1 aromatic rings. The molecule has 2 heterocycles. The maximum Gasteiger partial charge on any atom is 0.130 e.